The molecule has 1 aliphatic heterocycles. The van der Waals surface area contributed by atoms with Gasteiger partial charge >= 0.3 is 6.18 Å². The third kappa shape index (κ3) is 5.59. The Bertz CT molecular complexity index is 1720. The molecule has 2 aromatic carbocycles. The first-order valence-corrected chi connectivity index (χ1v) is 13.5. The van der Waals surface area contributed by atoms with Crippen LogP contribution in [0.2, 0.25) is 0 Å². The van der Waals surface area contributed by atoms with E-state index in [1.54, 1.807) is 35.2 Å². The van der Waals surface area contributed by atoms with Crippen molar-refractivity contribution in [1.82, 2.24) is 30.1 Å². The lowest BCUT2D eigenvalue weighted by molar-refractivity contribution is -0.137. The van der Waals surface area contributed by atoms with E-state index in [2.05, 4.69) is 25.4 Å². The van der Waals surface area contributed by atoms with Gasteiger partial charge in [0.25, 0.3) is 5.56 Å². The van der Waals surface area contributed by atoms with E-state index < -0.39 is 17.8 Å². The van der Waals surface area contributed by atoms with Gasteiger partial charge in [-0.25, -0.2) is 4.68 Å². The summed E-state index contributed by atoms with van der Waals surface area (Å²) in [5.74, 6) is 1.77. The molecule has 0 unspecified atom stereocenters. The normalized spacial score (nSPS) is 15.3. The molecule has 218 valence electrons. The Morgan fingerprint density at radius 2 is 1.88 bits per heavy atom. The number of ether oxygens (including phenoxy) is 1. The molecular formula is C29H28F3N7O3. The van der Waals surface area contributed by atoms with Crippen LogP contribution in [0, 0.1) is 0 Å². The zero-order valence-electron chi connectivity index (χ0n) is 22.7. The number of alkyl halides is 3. The highest BCUT2D eigenvalue weighted by molar-refractivity contribution is 5.80. The molecule has 1 N–H and O–H groups in total. The summed E-state index contributed by atoms with van der Waals surface area (Å²) in [6.45, 7) is 4.44. The van der Waals surface area contributed by atoms with Crippen molar-refractivity contribution in [3.05, 3.63) is 100.0 Å². The van der Waals surface area contributed by atoms with Gasteiger partial charge in [0.1, 0.15) is 24.1 Å². The van der Waals surface area contributed by atoms with Crippen LogP contribution < -0.4 is 15.2 Å². The Labute approximate surface area is 238 Å². The first kappa shape index (κ1) is 27.5. The average Bonchev–Trinajstić information content (AvgIpc) is 3.67. The maximum absolute atomic E-state index is 13.5. The number of tetrazole rings is 1. The van der Waals surface area contributed by atoms with E-state index in [0.717, 1.165) is 11.5 Å². The number of nitrogens with one attached hydrogen (secondary N) is 1. The maximum atomic E-state index is 13.5. The molecule has 0 aliphatic carbocycles. The number of nitrogens with zero attached hydrogens (tertiary/aromatic N) is 6. The van der Waals surface area contributed by atoms with Crippen LogP contribution in [-0.2, 0) is 12.7 Å². The number of rotatable bonds is 8. The van der Waals surface area contributed by atoms with Crippen molar-refractivity contribution in [2.24, 2.45) is 0 Å². The maximum Gasteiger partial charge on any atom is 0.416 e. The fourth-order valence-electron chi connectivity index (χ4n) is 5.35. The highest BCUT2D eigenvalue weighted by Crippen LogP contribution is 2.33. The van der Waals surface area contributed by atoms with Gasteiger partial charge in [0.15, 0.2) is 5.82 Å². The van der Waals surface area contributed by atoms with E-state index in [-0.39, 0.29) is 12.1 Å². The number of hydrogen-bond acceptors (Lipinski definition) is 8. The largest absolute Gasteiger partial charge is 0.494 e. The highest BCUT2D eigenvalue weighted by atomic mass is 19.4. The van der Waals surface area contributed by atoms with Crippen LogP contribution in [0.4, 0.5) is 18.9 Å². The summed E-state index contributed by atoms with van der Waals surface area (Å²) in [6.07, 6.45) is -2.86. The zero-order chi connectivity index (χ0) is 29.3. The van der Waals surface area contributed by atoms with Gasteiger partial charge in [0, 0.05) is 48.3 Å². The van der Waals surface area contributed by atoms with Crippen LogP contribution >= 0.6 is 0 Å². The van der Waals surface area contributed by atoms with E-state index >= 15 is 0 Å². The minimum Gasteiger partial charge on any atom is -0.494 e. The van der Waals surface area contributed by atoms with Gasteiger partial charge in [0.2, 0.25) is 0 Å². The molecule has 0 bridgehead atoms. The Hall–Kier alpha value is -4.65. The molecule has 0 saturated carbocycles. The van der Waals surface area contributed by atoms with Crippen LogP contribution in [0.15, 0.2) is 76.1 Å². The highest BCUT2D eigenvalue weighted by Gasteiger charge is 2.34. The van der Waals surface area contributed by atoms with Gasteiger partial charge in [0.05, 0.1) is 18.4 Å². The van der Waals surface area contributed by atoms with E-state index in [1.807, 2.05) is 30.0 Å². The van der Waals surface area contributed by atoms with Crippen molar-refractivity contribution >= 4 is 16.6 Å². The molecule has 42 heavy (non-hydrogen) atoms. The second-order valence-electron chi connectivity index (χ2n) is 9.98. The molecule has 0 radical (unpaired) electrons. The smallest absolute Gasteiger partial charge is 0.416 e. The van der Waals surface area contributed by atoms with E-state index in [0.29, 0.717) is 66.9 Å². The molecule has 6 rings (SSSR count). The molecule has 10 nitrogen and oxygen atoms in total. The topological polar surface area (TPSA) is 105 Å². The number of fused-ring (bicyclic) bond motifs is 1. The zero-order valence-corrected chi connectivity index (χ0v) is 22.7. The van der Waals surface area contributed by atoms with Crippen molar-refractivity contribution in [3.8, 4) is 5.75 Å². The summed E-state index contributed by atoms with van der Waals surface area (Å²) in [5, 5.41) is 13.2. The molecule has 1 saturated heterocycles. The second-order valence-corrected chi connectivity index (χ2v) is 9.98. The Balaban J connectivity index is 1.36. The van der Waals surface area contributed by atoms with E-state index in [9.17, 15) is 18.0 Å². The van der Waals surface area contributed by atoms with Gasteiger partial charge in [-0.1, -0.05) is 6.07 Å². The molecule has 0 spiro atoms. The molecule has 4 heterocycles. The molecule has 3 aromatic heterocycles. The summed E-state index contributed by atoms with van der Waals surface area (Å²) in [6, 6.07) is 15.6. The Morgan fingerprint density at radius 3 is 2.62 bits per heavy atom. The fourth-order valence-corrected chi connectivity index (χ4v) is 5.35. The first-order chi connectivity index (χ1) is 20.3. The lowest BCUT2D eigenvalue weighted by Crippen LogP contribution is -2.49. The average molecular weight is 580 g/mol. The Morgan fingerprint density at radius 1 is 1.05 bits per heavy atom. The standard InChI is InChI=1S/C29H28F3N7O3/c1-2-41-22-8-9-25-19(15-22)16-24(28(40)33-25)26(27-34-35-36-39(27)18-23-7-4-14-42-23)38-12-10-37(11-13-38)21-6-3-5-20(17-21)29(30,31)32/h3-9,14-17,26H,2,10-13,18H2,1H3,(H,33,40)/t26-/m0/s1. The number of halogens is 3. The number of hydrogen-bond donors (Lipinski definition) is 1. The van der Waals surface area contributed by atoms with E-state index in [4.69, 9.17) is 9.15 Å². The van der Waals surface area contributed by atoms with Crippen molar-refractivity contribution in [2.45, 2.75) is 25.7 Å². The monoisotopic (exact) mass is 579 g/mol. The lowest BCUT2D eigenvalue weighted by atomic mass is 10.0. The molecule has 1 atom stereocenters. The minimum absolute atomic E-state index is 0.260. The molecule has 0 amide bonds. The van der Waals surface area contributed by atoms with Crippen LogP contribution in [0.3, 0.4) is 0 Å². The van der Waals surface area contributed by atoms with Gasteiger partial charge in [-0.3, -0.25) is 9.69 Å². The summed E-state index contributed by atoms with van der Waals surface area (Å²) in [5.41, 5.74) is 0.626. The number of piperazine rings is 1. The van der Waals surface area contributed by atoms with Gasteiger partial charge < -0.3 is 19.0 Å². The number of aromatic nitrogens is 5. The van der Waals surface area contributed by atoms with Crippen LogP contribution in [0.5, 0.6) is 5.75 Å². The summed E-state index contributed by atoms with van der Waals surface area (Å²) >= 11 is 0. The van der Waals surface area contributed by atoms with Crippen molar-refractivity contribution in [2.75, 3.05) is 37.7 Å². The van der Waals surface area contributed by atoms with Crippen LogP contribution in [0.25, 0.3) is 10.9 Å². The van der Waals surface area contributed by atoms with E-state index in [1.165, 1.54) is 12.1 Å². The van der Waals surface area contributed by atoms with Crippen LogP contribution in [-0.4, -0.2) is 62.9 Å². The minimum atomic E-state index is -4.42. The number of pyridine rings is 1. The first-order valence-electron chi connectivity index (χ1n) is 13.5. The van der Waals surface area contributed by atoms with Crippen molar-refractivity contribution in [3.63, 3.8) is 0 Å². The second kappa shape index (κ2) is 11.3. The predicted molar refractivity (Wildman–Crippen MR) is 148 cm³/mol. The summed E-state index contributed by atoms with van der Waals surface area (Å²) in [7, 11) is 0. The third-order valence-electron chi connectivity index (χ3n) is 7.36. The van der Waals surface area contributed by atoms with Gasteiger partial charge in [-0.2, -0.15) is 13.2 Å². The lowest BCUT2D eigenvalue weighted by Gasteiger charge is -2.39. The van der Waals surface area contributed by atoms with Gasteiger partial charge in [-0.05, 0) is 71.9 Å². The summed E-state index contributed by atoms with van der Waals surface area (Å²) in [4.78, 5) is 20.5. The number of anilines is 1. The molecule has 13 heteroatoms. The Kier molecular flexibility index (Phi) is 7.42. The number of furan rings is 1. The van der Waals surface area contributed by atoms with Crippen molar-refractivity contribution < 1.29 is 22.3 Å². The molecule has 1 aliphatic rings. The summed E-state index contributed by atoms with van der Waals surface area (Å²) < 4.78 is 52.8. The molecular weight excluding hydrogens is 551 g/mol. The number of aromatic amines is 1. The number of H-pyrrole nitrogens is 1. The predicted octanol–water partition coefficient (Wildman–Crippen LogP) is 4.49. The number of benzene rings is 2. The van der Waals surface area contributed by atoms with Crippen LogP contribution in [0.1, 0.15) is 35.7 Å². The molecule has 1 fully saturated rings. The fraction of sp³-hybridized carbons (Fsp3) is 0.310. The quantitative estimate of drug-likeness (QED) is 0.287. The van der Waals surface area contributed by atoms with Gasteiger partial charge in [-0.15, -0.1) is 5.10 Å². The third-order valence-corrected chi connectivity index (χ3v) is 7.36. The van der Waals surface area contributed by atoms with Crippen molar-refractivity contribution in [1.29, 1.82) is 0 Å². The molecule has 5 aromatic rings. The SMILES string of the molecule is CCOc1ccc2[nH]c(=O)c([C@@H](c3nnnn3Cc3ccco3)N3CCN(c4cccc(C(F)(F)F)c4)CC3)cc2c1.